The highest BCUT2D eigenvalue weighted by molar-refractivity contribution is 5.80. The van der Waals surface area contributed by atoms with E-state index in [1.54, 1.807) is 49.4 Å². The van der Waals surface area contributed by atoms with Crippen LogP contribution in [0.2, 0.25) is 0 Å². The van der Waals surface area contributed by atoms with E-state index in [0.29, 0.717) is 34.8 Å². The average molecular weight is 384 g/mol. The molecule has 146 valence electrons. The Morgan fingerprint density at radius 1 is 1.00 bits per heavy atom. The largest absolute Gasteiger partial charge is 0.494 e. The first-order valence-corrected chi connectivity index (χ1v) is 8.69. The lowest BCUT2D eigenvalue weighted by Gasteiger charge is -2.10. The summed E-state index contributed by atoms with van der Waals surface area (Å²) in [5, 5.41) is 0.344. The number of rotatable bonds is 7. The molecule has 0 saturated carbocycles. The molecule has 28 heavy (non-hydrogen) atoms. The predicted molar refractivity (Wildman–Crippen MR) is 102 cm³/mol. The van der Waals surface area contributed by atoms with E-state index in [2.05, 4.69) is 4.74 Å². The van der Waals surface area contributed by atoms with E-state index < -0.39 is 5.97 Å². The van der Waals surface area contributed by atoms with Crippen LogP contribution in [0.4, 0.5) is 0 Å². The Labute approximate surface area is 161 Å². The predicted octanol–water partition coefficient (Wildman–Crippen LogP) is 3.84. The van der Waals surface area contributed by atoms with Crippen LogP contribution in [0.15, 0.2) is 51.7 Å². The summed E-state index contributed by atoms with van der Waals surface area (Å²) in [6.07, 6.45) is 0. The fourth-order valence-corrected chi connectivity index (χ4v) is 2.57. The molecule has 0 aliphatic rings. The van der Waals surface area contributed by atoms with Crippen molar-refractivity contribution in [2.45, 2.75) is 13.8 Å². The zero-order chi connectivity index (χ0) is 20.1. The Bertz CT molecular complexity index is 1040. The van der Waals surface area contributed by atoms with Gasteiger partial charge >= 0.3 is 5.97 Å². The van der Waals surface area contributed by atoms with Crippen LogP contribution in [0.25, 0.3) is 11.0 Å². The van der Waals surface area contributed by atoms with Gasteiger partial charge in [0, 0.05) is 6.07 Å². The molecule has 1 aromatic heterocycles. The van der Waals surface area contributed by atoms with Crippen molar-refractivity contribution < 1.29 is 28.2 Å². The summed E-state index contributed by atoms with van der Waals surface area (Å²) in [5.41, 5.74) is 0.0380. The fraction of sp³-hybridized carbons (Fsp3) is 0.238. The molecule has 0 saturated heterocycles. The topological polar surface area (TPSA) is 84.2 Å². The van der Waals surface area contributed by atoms with Crippen molar-refractivity contribution >= 4 is 16.9 Å². The highest BCUT2D eigenvalue weighted by atomic mass is 16.6. The van der Waals surface area contributed by atoms with Gasteiger partial charge in [0.25, 0.3) is 0 Å². The molecule has 0 amide bonds. The van der Waals surface area contributed by atoms with Gasteiger partial charge in [-0.15, -0.1) is 0 Å². The van der Waals surface area contributed by atoms with E-state index in [1.165, 1.54) is 7.11 Å². The number of fused-ring (bicyclic) bond motifs is 1. The summed E-state index contributed by atoms with van der Waals surface area (Å²) in [6, 6.07) is 11.7. The molecule has 0 fully saturated rings. The zero-order valence-electron chi connectivity index (χ0n) is 15.8. The molecule has 0 N–H and O–H groups in total. The molecular weight excluding hydrogens is 364 g/mol. The van der Waals surface area contributed by atoms with Gasteiger partial charge in [-0.05, 0) is 50.2 Å². The maximum atomic E-state index is 12.8. The van der Waals surface area contributed by atoms with E-state index in [1.807, 2.05) is 6.92 Å². The van der Waals surface area contributed by atoms with Gasteiger partial charge in [0.2, 0.25) is 11.2 Å². The molecule has 7 nitrogen and oxygen atoms in total. The summed E-state index contributed by atoms with van der Waals surface area (Å²) >= 11 is 0. The number of hydrogen-bond acceptors (Lipinski definition) is 7. The SMILES string of the molecule is CCOc1ccc(Oc2c(C)oc3cc(OCC(=O)OC)ccc3c2=O)cc1. The van der Waals surface area contributed by atoms with Crippen LogP contribution in [0.1, 0.15) is 12.7 Å². The molecule has 0 unspecified atom stereocenters. The number of aryl methyl sites for hydroxylation is 1. The third-order valence-electron chi connectivity index (χ3n) is 3.93. The van der Waals surface area contributed by atoms with Crippen LogP contribution >= 0.6 is 0 Å². The van der Waals surface area contributed by atoms with Crippen molar-refractivity contribution in [3.05, 3.63) is 58.4 Å². The van der Waals surface area contributed by atoms with Crippen molar-refractivity contribution in [1.82, 2.24) is 0 Å². The highest BCUT2D eigenvalue weighted by Gasteiger charge is 2.15. The Kier molecular flexibility index (Phi) is 5.84. The van der Waals surface area contributed by atoms with Gasteiger partial charge in [0.15, 0.2) is 6.61 Å². The molecule has 0 aliphatic carbocycles. The summed E-state index contributed by atoms with van der Waals surface area (Å²) in [4.78, 5) is 24.0. The van der Waals surface area contributed by atoms with Crippen molar-refractivity contribution in [2.75, 3.05) is 20.3 Å². The van der Waals surface area contributed by atoms with Gasteiger partial charge in [-0.3, -0.25) is 4.79 Å². The standard InChI is InChI=1S/C21H20O7/c1-4-25-14-5-7-15(8-6-14)28-21-13(2)27-18-11-16(26-12-19(22)24-3)9-10-17(18)20(21)23/h5-11H,4,12H2,1-3H3. The van der Waals surface area contributed by atoms with Crippen molar-refractivity contribution in [1.29, 1.82) is 0 Å². The maximum Gasteiger partial charge on any atom is 0.343 e. The summed E-state index contributed by atoms with van der Waals surface area (Å²) in [6.45, 7) is 3.88. The van der Waals surface area contributed by atoms with Crippen LogP contribution in [0.3, 0.4) is 0 Å². The molecule has 3 rings (SSSR count). The van der Waals surface area contributed by atoms with Crippen LogP contribution in [0, 0.1) is 6.92 Å². The third-order valence-corrected chi connectivity index (χ3v) is 3.93. The van der Waals surface area contributed by atoms with Gasteiger partial charge in [-0.25, -0.2) is 4.79 Å². The number of ether oxygens (including phenoxy) is 4. The number of carbonyl (C=O) groups excluding carboxylic acids is 1. The van der Waals surface area contributed by atoms with Gasteiger partial charge < -0.3 is 23.4 Å². The fourth-order valence-electron chi connectivity index (χ4n) is 2.57. The van der Waals surface area contributed by atoms with Crippen LogP contribution < -0.4 is 19.6 Å². The molecule has 1 heterocycles. The highest BCUT2D eigenvalue weighted by Crippen LogP contribution is 2.28. The summed E-state index contributed by atoms with van der Waals surface area (Å²) < 4.78 is 26.7. The van der Waals surface area contributed by atoms with E-state index in [-0.39, 0.29) is 17.8 Å². The second kappa shape index (κ2) is 8.47. The molecule has 3 aromatic rings. The van der Waals surface area contributed by atoms with Crippen molar-refractivity contribution in [3.63, 3.8) is 0 Å². The van der Waals surface area contributed by atoms with Crippen LogP contribution in [0.5, 0.6) is 23.0 Å². The Hall–Kier alpha value is -3.48. The minimum atomic E-state index is -0.503. The van der Waals surface area contributed by atoms with E-state index in [9.17, 15) is 9.59 Å². The third kappa shape index (κ3) is 4.25. The second-order valence-corrected chi connectivity index (χ2v) is 5.85. The van der Waals surface area contributed by atoms with E-state index in [0.717, 1.165) is 5.75 Å². The second-order valence-electron chi connectivity index (χ2n) is 5.85. The van der Waals surface area contributed by atoms with Crippen molar-refractivity contribution in [3.8, 4) is 23.0 Å². The first-order valence-electron chi connectivity index (χ1n) is 8.69. The molecular formula is C21H20O7. The lowest BCUT2D eigenvalue weighted by Crippen LogP contribution is -2.12. The summed E-state index contributed by atoms with van der Waals surface area (Å²) in [7, 11) is 1.28. The van der Waals surface area contributed by atoms with Crippen LogP contribution in [-0.4, -0.2) is 26.3 Å². The number of hydrogen-bond donors (Lipinski definition) is 0. The van der Waals surface area contributed by atoms with Gasteiger partial charge in [-0.1, -0.05) is 0 Å². The van der Waals surface area contributed by atoms with E-state index in [4.69, 9.17) is 18.6 Å². The lowest BCUT2D eigenvalue weighted by molar-refractivity contribution is -0.142. The quantitative estimate of drug-likeness (QED) is 0.572. The lowest BCUT2D eigenvalue weighted by atomic mass is 10.2. The minimum absolute atomic E-state index is 0.111. The Morgan fingerprint density at radius 2 is 1.68 bits per heavy atom. The molecule has 7 heteroatoms. The molecule has 0 bridgehead atoms. The number of benzene rings is 2. The maximum absolute atomic E-state index is 12.8. The zero-order valence-corrected chi connectivity index (χ0v) is 15.8. The minimum Gasteiger partial charge on any atom is -0.494 e. The summed E-state index contributed by atoms with van der Waals surface area (Å²) in [5.74, 6) is 1.54. The molecule has 0 radical (unpaired) electrons. The van der Waals surface area contributed by atoms with E-state index >= 15 is 0 Å². The average Bonchev–Trinajstić information content (AvgIpc) is 2.70. The number of methoxy groups -OCH3 is 1. The molecule has 0 spiro atoms. The molecule has 0 atom stereocenters. The van der Waals surface area contributed by atoms with Gasteiger partial charge in [0.05, 0.1) is 19.1 Å². The normalized spacial score (nSPS) is 10.5. The smallest absolute Gasteiger partial charge is 0.343 e. The Morgan fingerprint density at radius 3 is 2.36 bits per heavy atom. The van der Waals surface area contributed by atoms with Crippen LogP contribution in [-0.2, 0) is 9.53 Å². The Balaban J connectivity index is 1.87. The van der Waals surface area contributed by atoms with Gasteiger partial charge in [0.1, 0.15) is 28.6 Å². The first kappa shape index (κ1) is 19.3. The first-order chi connectivity index (χ1) is 13.5. The monoisotopic (exact) mass is 384 g/mol. The van der Waals surface area contributed by atoms with Crippen molar-refractivity contribution in [2.24, 2.45) is 0 Å². The molecule has 2 aromatic carbocycles. The molecule has 0 aliphatic heterocycles. The van der Waals surface area contributed by atoms with Gasteiger partial charge in [-0.2, -0.15) is 0 Å². The number of carbonyl (C=O) groups is 1. The number of esters is 1.